The highest BCUT2D eigenvalue weighted by atomic mass is 15.2. The lowest BCUT2D eigenvalue weighted by molar-refractivity contribution is 0.221. The molecule has 0 aromatic carbocycles. The molecule has 1 fully saturated rings. The van der Waals surface area contributed by atoms with Crippen molar-refractivity contribution in [2.24, 2.45) is 0 Å². The van der Waals surface area contributed by atoms with Crippen LogP contribution in [0.25, 0.3) is 0 Å². The third-order valence-electron chi connectivity index (χ3n) is 2.40. The van der Waals surface area contributed by atoms with Crippen molar-refractivity contribution in [3.8, 4) is 0 Å². The molecule has 0 aliphatic carbocycles. The van der Waals surface area contributed by atoms with Crippen molar-refractivity contribution in [3.05, 3.63) is 12.2 Å². The Hall–Kier alpha value is -0.340. The summed E-state index contributed by atoms with van der Waals surface area (Å²) in [5, 5.41) is 3.43. The fourth-order valence-corrected chi connectivity index (χ4v) is 1.58. The summed E-state index contributed by atoms with van der Waals surface area (Å²) in [5.41, 5.74) is 1.35. The van der Waals surface area contributed by atoms with E-state index in [1.807, 2.05) is 0 Å². The van der Waals surface area contributed by atoms with Crippen LogP contribution in [0.2, 0.25) is 0 Å². The number of rotatable bonds is 3. The Morgan fingerprint density at radius 3 is 3.00 bits per heavy atom. The van der Waals surface area contributed by atoms with Crippen LogP contribution in [0.5, 0.6) is 0 Å². The minimum Gasteiger partial charge on any atom is -0.312 e. The fraction of sp³-hybridized carbons (Fsp3) is 0.800. The lowest BCUT2D eigenvalue weighted by Crippen LogP contribution is -2.49. The van der Waals surface area contributed by atoms with E-state index in [0.29, 0.717) is 6.04 Å². The summed E-state index contributed by atoms with van der Waals surface area (Å²) >= 11 is 0. The summed E-state index contributed by atoms with van der Waals surface area (Å²) in [6.45, 7) is 13.0. The molecule has 12 heavy (non-hydrogen) atoms. The molecule has 0 bridgehead atoms. The van der Waals surface area contributed by atoms with Crippen LogP contribution in [0.15, 0.2) is 12.2 Å². The first kappa shape index (κ1) is 9.75. The van der Waals surface area contributed by atoms with Gasteiger partial charge in [-0.25, -0.2) is 0 Å². The Balaban J connectivity index is 2.27. The van der Waals surface area contributed by atoms with E-state index < -0.39 is 0 Å². The smallest absolute Gasteiger partial charge is 0.0191 e. The van der Waals surface area contributed by atoms with E-state index in [2.05, 4.69) is 30.6 Å². The van der Waals surface area contributed by atoms with E-state index in [0.717, 1.165) is 19.5 Å². The van der Waals surface area contributed by atoms with Gasteiger partial charge in [0.2, 0.25) is 0 Å². The van der Waals surface area contributed by atoms with E-state index in [4.69, 9.17) is 0 Å². The molecule has 0 radical (unpaired) electrons. The van der Waals surface area contributed by atoms with Crippen LogP contribution in [0.1, 0.15) is 20.3 Å². The van der Waals surface area contributed by atoms with E-state index in [-0.39, 0.29) is 0 Å². The maximum atomic E-state index is 4.03. The summed E-state index contributed by atoms with van der Waals surface area (Å²) in [4.78, 5) is 2.48. The molecular weight excluding hydrogens is 148 g/mol. The molecule has 0 aromatic rings. The van der Waals surface area contributed by atoms with E-state index >= 15 is 0 Å². The van der Waals surface area contributed by atoms with E-state index in [1.165, 1.54) is 18.7 Å². The van der Waals surface area contributed by atoms with Crippen molar-refractivity contribution in [2.45, 2.75) is 26.3 Å². The number of nitrogens with zero attached hydrogens (tertiary/aromatic N) is 1. The summed E-state index contributed by atoms with van der Waals surface area (Å²) in [5.74, 6) is 0. The summed E-state index contributed by atoms with van der Waals surface area (Å²) < 4.78 is 0. The number of hydrogen-bond donors (Lipinski definition) is 1. The topological polar surface area (TPSA) is 15.3 Å². The molecule has 1 aliphatic rings. The first-order chi connectivity index (χ1) is 5.72. The molecule has 1 saturated heterocycles. The second-order valence-electron chi connectivity index (χ2n) is 3.69. The molecule has 0 unspecified atom stereocenters. The van der Waals surface area contributed by atoms with Crippen LogP contribution in [-0.4, -0.2) is 37.1 Å². The first-order valence-electron chi connectivity index (χ1n) is 4.84. The fourth-order valence-electron chi connectivity index (χ4n) is 1.58. The zero-order valence-corrected chi connectivity index (χ0v) is 8.27. The Morgan fingerprint density at radius 1 is 1.67 bits per heavy atom. The highest BCUT2D eigenvalue weighted by molar-refractivity contribution is 4.97. The van der Waals surface area contributed by atoms with Crippen molar-refractivity contribution in [2.75, 3.05) is 26.2 Å². The van der Waals surface area contributed by atoms with Crippen molar-refractivity contribution in [3.63, 3.8) is 0 Å². The molecule has 1 atom stereocenters. The zero-order valence-electron chi connectivity index (χ0n) is 8.27. The number of piperazine rings is 1. The molecule has 0 aromatic heterocycles. The van der Waals surface area contributed by atoms with Gasteiger partial charge in [-0.2, -0.15) is 0 Å². The molecule has 1 N–H and O–H groups in total. The van der Waals surface area contributed by atoms with Gasteiger partial charge in [-0.15, -0.1) is 0 Å². The molecule has 0 spiro atoms. The molecule has 0 amide bonds. The highest BCUT2D eigenvalue weighted by Gasteiger charge is 2.14. The molecule has 1 aliphatic heterocycles. The highest BCUT2D eigenvalue weighted by Crippen LogP contribution is 2.04. The second kappa shape index (κ2) is 4.63. The van der Waals surface area contributed by atoms with Crippen LogP contribution in [0, 0.1) is 0 Å². The monoisotopic (exact) mass is 168 g/mol. The molecule has 1 rings (SSSR count). The minimum atomic E-state index is 0.642. The Morgan fingerprint density at radius 2 is 2.42 bits per heavy atom. The van der Waals surface area contributed by atoms with Gasteiger partial charge in [0.25, 0.3) is 0 Å². The van der Waals surface area contributed by atoms with Gasteiger partial charge in [-0.3, -0.25) is 4.90 Å². The van der Waals surface area contributed by atoms with E-state index in [9.17, 15) is 0 Å². The van der Waals surface area contributed by atoms with Crippen molar-refractivity contribution < 1.29 is 0 Å². The van der Waals surface area contributed by atoms with Crippen molar-refractivity contribution >= 4 is 0 Å². The average molecular weight is 168 g/mol. The van der Waals surface area contributed by atoms with E-state index in [1.54, 1.807) is 0 Å². The van der Waals surface area contributed by atoms with Crippen LogP contribution in [0.4, 0.5) is 0 Å². The van der Waals surface area contributed by atoms with Crippen LogP contribution in [0.3, 0.4) is 0 Å². The standard InChI is InChI=1S/C10H20N2/c1-4-9(2)7-12-6-5-11-10(3)8-12/h10-11H,2,4-8H2,1,3H3/t10-/m1/s1. The maximum absolute atomic E-state index is 4.03. The second-order valence-corrected chi connectivity index (χ2v) is 3.69. The number of nitrogens with one attached hydrogen (secondary N) is 1. The van der Waals surface area contributed by atoms with Gasteiger partial charge in [0.05, 0.1) is 0 Å². The molecule has 2 nitrogen and oxygen atoms in total. The van der Waals surface area contributed by atoms with Gasteiger partial charge < -0.3 is 5.32 Å². The van der Waals surface area contributed by atoms with Crippen LogP contribution in [-0.2, 0) is 0 Å². The molecular formula is C10H20N2. The third kappa shape index (κ3) is 2.95. The molecule has 70 valence electrons. The Labute approximate surface area is 75.6 Å². The quantitative estimate of drug-likeness (QED) is 0.638. The lowest BCUT2D eigenvalue weighted by atomic mass is 10.2. The summed E-state index contributed by atoms with van der Waals surface area (Å²) in [6, 6.07) is 0.642. The molecule has 2 heteroatoms. The van der Waals surface area contributed by atoms with Gasteiger partial charge in [0.15, 0.2) is 0 Å². The van der Waals surface area contributed by atoms with Crippen molar-refractivity contribution in [1.29, 1.82) is 0 Å². The first-order valence-corrected chi connectivity index (χ1v) is 4.84. The van der Waals surface area contributed by atoms with Crippen LogP contribution < -0.4 is 5.32 Å². The number of hydrogen-bond acceptors (Lipinski definition) is 2. The molecule has 1 heterocycles. The van der Waals surface area contributed by atoms with Crippen molar-refractivity contribution in [1.82, 2.24) is 10.2 Å². The lowest BCUT2D eigenvalue weighted by Gasteiger charge is -2.32. The zero-order chi connectivity index (χ0) is 8.97. The normalized spacial score (nSPS) is 25.7. The predicted molar refractivity (Wildman–Crippen MR) is 53.3 cm³/mol. The Bertz CT molecular complexity index is 154. The largest absolute Gasteiger partial charge is 0.312 e. The van der Waals surface area contributed by atoms with Gasteiger partial charge in [0.1, 0.15) is 0 Å². The van der Waals surface area contributed by atoms with Crippen LogP contribution >= 0.6 is 0 Å². The van der Waals surface area contributed by atoms with Gasteiger partial charge in [-0.05, 0) is 13.3 Å². The van der Waals surface area contributed by atoms with Gasteiger partial charge >= 0.3 is 0 Å². The minimum absolute atomic E-state index is 0.642. The van der Waals surface area contributed by atoms with Gasteiger partial charge in [-0.1, -0.05) is 19.1 Å². The Kier molecular flexibility index (Phi) is 3.76. The maximum Gasteiger partial charge on any atom is 0.0191 e. The third-order valence-corrected chi connectivity index (χ3v) is 2.40. The summed E-state index contributed by atoms with van der Waals surface area (Å²) in [7, 11) is 0. The summed E-state index contributed by atoms with van der Waals surface area (Å²) in [6.07, 6.45) is 1.11. The average Bonchev–Trinajstić information content (AvgIpc) is 2.04. The SMILES string of the molecule is C=C(CC)CN1CCN[C@H](C)C1. The predicted octanol–water partition coefficient (Wildman–Crippen LogP) is 1.25. The molecule has 0 saturated carbocycles. The van der Waals surface area contributed by atoms with Gasteiger partial charge in [0, 0.05) is 32.2 Å².